The quantitative estimate of drug-likeness (QED) is 0.542. The van der Waals surface area contributed by atoms with Crippen LogP contribution in [0.15, 0.2) is 0 Å². The van der Waals surface area contributed by atoms with Gasteiger partial charge in [0.2, 0.25) is 0 Å². The smallest absolute Gasteiger partial charge is 0.0110 e. The molecule has 0 radical (unpaired) electrons. The predicted molar refractivity (Wildman–Crippen MR) is 79.2 cm³/mol. The Labute approximate surface area is 114 Å². The highest BCUT2D eigenvalue weighted by Crippen LogP contribution is 2.40. The van der Waals surface area contributed by atoms with Crippen molar-refractivity contribution in [3.8, 4) is 0 Å². The summed E-state index contributed by atoms with van der Waals surface area (Å²) in [6.45, 7) is 0. The Hall–Kier alpha value is 0.690. The molecular formula is C14H26IN. The highest BCUT2D eigenvalue weighted by molar-refractivity contribution is 14.1. The first-order valence-corrected chi connectivity index (χ1v) is 8.22. The topological polar surface area (TPSA) is 3.24 Å². The molecule has 0 heterocycles. The highest BCUT2D eigenvalue weighted by atomic mass is 127. The summed E-state index contributed by atoms with van der Waals surface area (Å²) in [5.41, 5.74) is 0. The number of nitrogens with zero attached hydrogens (tertiary/aromatic N) is 1. The van der Waals surface area contributed by atoms with Crippen LogP contribution in [0.3, 0.4) is 0 Å². The van der Waals surface area contributed by atoms with Gasteiger partial charge < -0.3 is 4.90 Å². The minimum absolute atomic E-state index is 0.872. The number of hydrogen-bond acceptors (Lipinski definition) is 1. The van der Waals surface area contributed by atoms with Gasteiger partial charge in [-0.1, -0.05) is 22.6 Å². The molecule has 0 amide bonds. The molecule has 2 rings (SSSR count). The summed E-state index contributed by atoms with van der Waals surface area (Å²) < 4.78 is 0.979. The molecule has 0 bridgehead atoms. The first kappa shape index (κ1) is 13.1. The monoisotopic (exact) mass is 335 g/mol. The molecule has 0 aromatic carbocycles. The van der Waals surface area contributed by atoms with E-state index in [4.69, 9.17) is 0 Å². The van der Waals surface area contributed by atoms with Gasteiger partial charge in [0.1, 0.15) is 0 Å². The van der Waals surface area contributed by atoms with Crippen LogP contribution in [-0.4, -0.2) is 29.0 Å². The maximum atomic E-state index is 2.64. The molecule has 2 aliphatic carbocycles. The van der Waals surface area contributed by atoms with Gasteiger partial charge in [-0.25, -0.2) is 0 Å². The van der Waals surface area contributed by atoms with Crippen LogP contribution in [-0.2, 0) is 0 Å². The van der Waals surface area contributed by atoms with Crippen molar-refractivity contribution in [2.75, 3.05) is 14.1 Å². The second kappa shape index (κ2) is 6.03. The van der Waals surface area contributed by atoms with Gasteiger partial charge in [-0.15, -0.1) is 0 Å². The third-order valence-corrected chi connectivity index (χ3v) is 6.09. The number of alkyl halides is 1. The first-order chi connectivity index (χ1) is 7.66. The van der Waals surface area contributed by atoms with Gasteiger partial charge in [-0.3, -0.25) is 0 Å². The minimum atomic E-state index is 0.872. The molecule has 0 saturated heterocycles. The van der Waals surface area contributed by atoms with E-state index in [1.807, 2.05) is 0 Å². The molecule has 0 aromatic heterocycles. The number of rotatable bonds is 2. The molecule has 2 fully saturated rings. The van der Waals surface area contributed by atoms with Crippen LogP contribution in [0.2, 0.25) is 0 Å². The maximum absolute atomic E-state index is 2.64. The number of hydrogen-bond donors (Lipinski definition) is 0. The molecule has 0 atom stereocenters. The Bertz CT molecular complexity index is 201. The Morgan fingerprint density at radius 2 is 1.19 bits per heavy atom. The summed E-state index contributed by atoms with van der Waals surface area (Å²) >= 11 is 2.64. The zero-order valence-electron chi connectivity index (χ0n) is 10.8. The number of halogens is 1. The van der Waals surface area contributed by atoms with Crippen molar-refractivity contribution in [3.63, 3.8) is 0 Å². The van der Waals surface area contributed by atoms with Gasteiger partial charge in [0.05, 0.1) is 0 Å². The molecule has 1 nitrogen and oxygen atoms in total. The summed E-state index contributed by atoms with van der Waals surface area (Å²) in [4.78, 5) is 2.43. The lowest BCUT2D eigenvalue weighted by atomic mass is 9.72. The van der Waals surface area contributed by atoms with Crippen LogP contribution >= 0.6 is 22.6 Å². The molecule has 2 saturated carbocycles. The van der Waals surface area contributed by atoms with E-state index in [-0.39, 0.29) is 0 Å². The standard InChI is InChI=1S/C14H26IN/c1-16(2)14-9-5-12(6-10-14)11-3-7-13(15)8-4-11/h11-14H,3-10H2,1-2H3. The predicted octanol–water partition coefficient (Wildman–Crippen LogP) is 4.10. The summed E-state index contributed by atoms with van der Waals surface area (Å²) in [6.07, 6.45) is 11.9. The largest absolute Gasteiger partial charge is 0.306 e. The molecule has 0 aliphatic heterocycles. The average Bonchev–Trinajstić information content (AvgIpc) is 2.30. The van der Waals surface area contributed by atoms with Crippen LogP contribution in [0.4, 0.5) is 0 Å². The molecular weight excluding hydrogens is 309 g/mol. The second-order valence-corrected chi connectivity index (χ2v) is 7.81. The van der Waals surface area contributed by atoms with Crippen LogP contribution in [0.1, 0.15) is 51.4 Å². The Kier molecular flexibility index (Phi) is 4.95. The van der Waals surface area contributed by atoms with Gasteiger partial charge in [-0.2, -0.15) is 0 Å². The van der Waals surface area contributed by atoms with E-state index in [0.29, 0.717) is 0 Å². The van der Waals surface area contributed by atoms with Gasteiger partial charge in [0.15, 0.2) is 0 Å². The van der Waals surface area contributed by atoms with Crippen LogP contribution < -0.4 is 0 Å². The average molecular weight is 335 g/mol. The van der Waals surface area contributed by atoms with E-state index < -0.39 is 0 Å². The lowest BCUT2D eigenvalue weighted by Gasteiger charge is -2.38. The van der Waals surface area contributed by atoms with Crippen LogP contribution in [0.5, 0.6) is 0 Å². The fourth-order valence-corrected chi connectivity index (χ4v) is 4.36. The molecule has 2 aliphatic rings. The first-order valence-electron chi connectivity index (χ1n) is 6.97. The zero-order valence-corrected chi connectivity index (χ0v) is 12.9. The van der Waals surface area contributed by atoms with Crippen molar-refractivity contribution in [2.45, 2.75) is 61.3 Å². The lowest BCUT2D eigenvalue weighted by Crippen LogP contribution is -2.34. The second-order valence-electron chi connectivity index (χ2n) is 6.04. The van der Waals surface area contributed by atoms with Crippen molar-refractivity contribution >= 4 is 22.6 Å². The molecule has 0 spiro atoms. The SMILES string of the molecule is CN(C)C1CCC(C2CCC(I)CC2)CC1. The van der Waals surface area contributed by atoms with Crippen LogP contribution in [0.25, 0.3) is 0 Å². The highest BCUT2D eigenvalue weighted by Gasteiger charge is 2.30. The van der Waals surface area contributed by atoms with Crippen molar-refractivity contribution in [3.05, 3.63) is 0 Å². The Morgan fingerprint density at radius 1 is 0.750 bits per heavy atom. The molecule has 0 unspecified atom stereocenters. The molecule has 2 heteroatoms. The maximum Gasteiger partial charge on any atom is 0.0110 e. The van der Waals surface area contributed by atoms with Gasteiger partial charge in [0.25, 0.3) is 0 Å². The fraction of sp³-hybridized carbons (Fsp3) is 1.00. The normalized spacial score (nSPS) is 41.2. The molecule has 94 valence electrons. The van der Waals surface area contributed by atoms with Gasteiger partial charge in [-0.05, 0) is 77.3 Å². The minimum Gasteiger partial charge on any atom is -0.306 e. The van der Waals surface area contributed by atoms with Crippen molar-refractivity contribution in [1.82, 2.24) is 4.90 Å². The molecule has 16 heavy (non-hydrogen) atoms. The summed E-state index contributed by atoms with van der Waals surface area (Å²) in [7, 11) is 4.48. The third kappa shape index (κ3) is 3.34. The summed E-state index contributed by atoms with van der Waals surface area (Å²) in [6, 6.07) is 0.872. The van der Waals surface area contributed by atoms with E-state index in [9.17, 15) is 0 Å². The lowest BCUT2D eigenvalue weighted by molar-refractivity contribution is 0.140. The van der Waals surface area contributed by atoms with Crippen molar-refractivity contribution in [1.29, 1.82) is 0 Å². The Balaban J connectivity index is 1.76. The zero-order chi connectivity index (χ0) is 11.5. The van der Waals surface area contributed by atoms with Crippen LogP contribution in [0, 0.1) is 11.8 Å². The molecule has 0 aromatic rings. The van der Waals surface area contributed by atoms with Gasteiger partial charge >= 0.3 is 0 Å². The summed E-state index contributed by atoms with van der Waals surface area (Å²) in [5.74, 6) is 2.15. The van der Waals surface area contributed by atoms with E-state index >= 15 is 0 Å². The third-order valence-electron chi connectivity index (χ3n) is 4.84. The summed E-state index contributed by atoms with van der Waals surface area (Å²) in [5, 5.41) is 0. The van der Waals surface area contributed by atoms with Crippen molar-refractivity contribution < 1.29 is 0 Å². The van der Waals surface area contributed by atoms with E-state index in [0.717, 1.165) is 21.8 Å². The van der Waals surface area contributed by atoms with Crippen molar-refractivity contribution in [2.24, 2.45) is 11.8 Å². The Morgan fingerprint density at radius 3 is 1.62 bits per heavy atom. The van der Waals surface area contributed by atoms with E-state index in [1.165, 1.54) is 51.4 Å². The molecule has 0 N–H and O–H groups in total. The van der Waals surface area contributed by atoms with E-state index in [2.05, 4.69) is 41.6 Å². The van der Waals surface area contributed by atoms with Gasteiger partial charge in [0, 0.05) is 9.97 Å². The fourth-order valence-electron chi connectivity index (χ4n) is 3.64. The van der Waals surface area contributed by atoms with E-state index in [1.54, 1.807) is 0 Å².